The number of halogens is 2. The molecule has 106 valence electrons. The van der Waals surface area contributed by atoms with Crippen molar-refractivity contribution >= 4 is 17.5 Å². The summed E-state index contributed by atoms with van der Waals surface area (Å²) >= 11 is 5.88. The van der Waals surface area contributed by atoms with Gasteiger partial charge in [0, 0.05) is 13.2 Å². The number of aliphatic hydroxyl groups is 1. The number of aromatic nitrogens is 2. The lowest BCUT2D eigenvalue weighted by Gasteiger charge is -2.16. The number of nitrogens with one attached hydrogen (secondary N) is 1. The van der Waals surface area contributed by atoms with Gasteiger partial charge < -0.3 is 10.4 Å². The summed E-state index contributed by atoms with van der Waals surface area (Å²) in [7, 11) is 1.64. The number of carbonyl (C=O) groups is 1. The van der Waals surface area contributed by atoms with Crippen molar-refractivity contribution in [1.82, 2.24) is 15.1 Å². The van der Waals surface area contributed by atoms with Gasteiger partial charge in [0.15, 0.2) is 5.69 Å². The van der Waals surface area contributed by atoms with Gasteiger partial charge in [0.1, 0.15) is 5.82 Å². The Morgan fingerprint density at radius 1 is 1.50 bits per heavy atom. The summed E-state index contributed by atoms with van der Waals surface area (Å²) in [6, 6.07) is 4.87. The predicted octanol–water partition coefficient (Wildman–Crippen LogP) is 1.68. The van der Waals surface area contributed by atoms with Crippen LogP contribution in [0.25, 0.3) is 0 Å². The highest BCUT2D eigenvalue weighted by Gasteiger charge is 2.19. The molecule has 0 bridgehead atoms. The van der Waals surface area contributed by atoms with Crippen LogP contribution in [-0.4, -0.2) is 27.4 Å². The smallest absolute Gasteiger partial charge is 0.273 e. The molecule has 2 N–H and O–H groups in total. The van der Waals surface area contributed by atoms with Crippen LogP contribution >= 0.6 is 11.6 Å². The topological polar surface area (TPSA) is 67.2 Å². The monoisotopic (exact) mass is 297 g/mol. The first-order chi connectivity index (χ1) is 9.51. The normalized spacial score (nSPS) is 12.2. The number of hydrogen-bond acceptors (Lipinski definition) is 3. The maximum atomic E-state index is 12.9. The maximum absolute atomic E-state index is 12.9. The molecule has 1 atom stereocenters. The number of benzene rings is 1. The van der Waals surface area contributed by atoms with Crippen LogP contribution in [0.1, 0.15) is 22.1 Å². The van der Waals surface area contributed by atoms with E-state index in [1.165, 1.54) is 35.1 Å². The Hall–Kier alpha value is -1.92. The minimum Gasteiger partial charge on any atom is -0.394 e. The molecule has 0 fully saturated rings. The molecule has 1 aromatic carbocycles. The van der Waals surface area contributed by atoms with Crippen molar-refractivity contribution in [2.75, 3.05) is 6.61 Å². The van der Waals surface area contributed by atoms with Gasteiger partial charge in [-0.25, -0.2) is 4.39 Å². The average Bonchev–Trinajstić information content (AvgIpc) is 2.76. The fraction of sp³-hybridized carbons (Fsp3) is 0.231. The van der Waals surface area contributed by atoms with E-state index in [-0.39, 0.29) is 23.1 Å². The van der Waals surface area contributed by atoms with Crippen molar-refractivity contribution in [3.05, 3.63) is 52.6 Å². The van der Waals surface area contributed by atoms with Crippen LogP contribution < -0.4 is 5.32 Å². The Balaban J connectivity index is 2.16. The lowest BCUT2D eigenvalue weighted by molar-refractivity contribution is 0.0910. The highest BCUT2D eigenvalue weighted by Crippen LogP contribution is 2.17. The molecule has 1 heterocycles. The molecule has 1 amide bonds. The summed E-state index contributed by atoms with van der Waals surface area (Å²) in [6.07, 6.45) is 1.50. The van der Waals surface area contributed by atoms with Crippen LogP contribution in [0.15, 0.2) is 30.5 Å². The Bertz CT molecular complexity index is 613. The zero-order valence-electron chi connectivity index (χ0n) is 10.7. The second kappa shape index (κ2) is 6.02. The molecule has 2 rings (SSSR count). The van der Waals surface area contributed by atoms with E-state index in [0.717, 1.165) is 0 Å². The van der Waals surface area contributed by atoms with Crippen molar-refractivity contribution < 1.29 is 14.3 Å². The molecule has 5 nitrogen and oxygen atoms in total. The zero-order valence-corrected chi connectivity index (χ0v) is 11.4. The first-order valence-corrected chi connectivity index (χ1v) is 6.25. The van der Waals surface area contributed by atoms with Gasteiger partial charge in [-0.3, -0.25) is 9.48 Å². The first-order valence-electron chi connectivity index (χ1n) is 5.87. The van der Waals surface area contributed by atoms with E-state index in [9.17, 15) is 14.3 Å². The fourth-order valence-corrected chi connectivity index (χ4v) is 2.03. The molecular weight excluding hydrogens is 285 g/mol. The predicted molar refractivity (Wildman–Crippen MR) is 71.9 cm³/mol. The highest BCUT2D eigenvalue weighted by atomic mass is 35.5. The van der Waals surface area contributed by atoms with Crippen LogP contribution in [0, 0.1) is 5.82 Å². The van der Waals surface area contributed by atoms with Gasteiger partial charge in [0.25, 0.3) is 5.91 Å². The molecule has 0 aliphatic rings. The van der Waals surface area contributed by atoms with Gasteiger partial charge in [0.05, 0.1) is 17.7 Å². The maximum Gasteiger partial charge on any atom is 0.273 e. The lowest BCUT2D eigenvalue weighted by Crippen LogP contribution is -2.31. The summed E-state index contributed by atoms with van der Waals surface area (Å²) in [6.45, 7) is -0.318. The van der Waals surface area contributed by atoms with Crippen molar-refractivity contribution in [1.29, 1.82) is 0 Å². The number of amides is 1. The number of rotatable bonds is 4. The third kappa shape index (κ3) is 3.15. The van der Waals surface area contributed by atoms with Gasteiger partial charge in [-0.05, 0) is 17.7 Å². The van der Waals surface area contributed by atoms with Gasteiger partial charge in [0.2, 0.25) is 0 Å². The van der Waals surface area contributed by atoms with Crippen LogP contribution in [0.4, 0.5) is 4.39 Å². The van der Waals surface area contributed by atoms with Gasteiger partial charge in [-0.15, -0.1) is 0 Å². The molecule has 0 spiro atoms. The second-order valence-electron chi connectivity index (χ2n) is 4.26. The minimum atomic E-state index is -0.652. The molecule has 0 aliphatic carbocycles. The highest BCUT2D eigenvalue weighted by molar-refractivity contribution is 6.33. The molecule has 7 heteroatoms. The molecule has 2 aromatic rings. The van der Waals surface area contributed by atoms with Gasteiger partial charge >= 0.3 is 0 Å². The van der Waals surface area contributed by atoms with Gasteiger partial charge in [-0.1, -0.05) is 23.7 Å². The summed E-state index contributed by atoms with van der Waals surface area (Å²) < 4.78 is 14.3. The van der Waals surface area contributed by atoms with E-state index >= 15 is 0 Å². The molecule has 0 radical (unpaired) electrons. The number of aliphatic hydroxyl groups excluding tert-OH is 1. The average molecular weight is 298 g/mol. The molecular formula is C13H13ClFN3O2. The minimum absolute atomic E-state index is 0.0785. The Labute approximate surface area is 120 Å². The van der Waals surface area contributed by atoms with E-state index in [4.69, 9.17) is 11.6 Å². The lowest BCUT2D eigenvalue weighted by atomic mass is 10.1. The third-order valence-electron chi connectivity index (χ3n) is 2.76. The van der Waals surface area contributed by atoms with E-state index in [1.807, 2.05) is 0 Å². The summed E-state index contributed by atoms with van der Waals surface area (Å²) in [5.41, 5.74) is 0.670. The molecule has 0 unspecified atom stereocenters. The van der Waals surface area contributed by atoms with Crippen LogP contribution in [0.2, 0.25) is 5.02 Å². The van der Waals surface area contributed by atoms with Crippen molar-refractivity contribution in [3.63, 3.8) is 0 Å². The molecule has 20 heavy (non-hydrogen) atoms. The summed E-state index contributed by atoms with van der Waals surface area (Å²) in [5, 5.41) is 16.1. The second-order valence-corrected chi connectivity index (χ2v) is 4.67. The largest absolute Gasteiger partial charge is 0.394 e. The van der Waals surface area contributed by atoms with E-state index in [0.29, 0.717) is 5.56 Å². The third-order valence-corrected chi connectivity index (χ3v) is 3.04. The molecule has 1 aromatic heterocycles. The number of aryl methyl sites for hydroxylation is 1. The molecule has 0 saturated carbocycles. The van der Waals surface area contributed by atoms with Crippen LogP contribution in [-0.2, 0) is 7.05 Å². The molecule has 0 aliphatic heterocycles. The number of carbonyl (C=O) groups excluding carboxylic acids is 1. The zero-order chi connectivity index (χ0) is 14.7. The fourth-order valence-electron chi connectivity index (χ4n) is 1.77. The van der Waals surface area contributed by atoms with Crippen LogP contribution in [0.5, 0.6) is 0 Å². The quantitative estimate of drug-likeness (QED) is 0.902. The Kier molecular flexibility index (Phi) is 4.36. The SMILES string of the molecule is Cn1cc(Cl)c(C(=O)N[C@H](CO)c2ccc(F)cc2)n1. The van der Waals surface area contributed by atoms with E-state index in [2.05, 4.69) is 10.4 Å². The van der Waals surface area contributed by atoms with E-state index in [1.54, 1.807) is 7.05 Å². The first kappa shape index (κ1) is 14.5. The summed E-state index contributed by atoms with van der Waals surface area (Å²) in [4.78, 5) is 12.0. The molecule has 0 saturated heterocycles. The van der Waals surface area contributed by atoms with Crippen molar-refractivity contribution in [2.24, 2.45) is 7.05 Å². The standard InChI is InChI=1S/C13H13ClFN3O2/c1-18-6-10(14)12(17-18)13(20)16-11(7-19)8-2-4-9(15)5-3-8/h2-6,11,19H,7H2,1H3,(H,16,20)/t11-/m1/s1. The van der Waals surface area contributed by atoms with E-state index < -0.39 is 11.9 Å². The van der Waals surface area contributed by atoms with Crippen molar-refractivity contribution in [3.8, 4) is 0 Å². The van der Waals surface area contributed by atoms with Crippen LogP contribution in [0.3, 0.4) is 0 Å². The Morgan fingerprint density at radius 2 is 2.15 bits per heavy atom. The number of hydrogen-bond donors (Lipinski definition) is 2. The Morgan fingerprint density at radius 3 is 2.65 bits per heavy atom. The summed E-state index contributed by atoms with van der Waals surface area (Å²) in [5.74, 6) is -0.886. The van der Waals surface area contributed by atoms with Crippen molar-refractivity contribution in [2.45, 2.75) is 6.04 Å². The number of nitrogens with zero attached hydrogens (tertiary/aromatic N) is 2. The van der Waals surface area contributed by atoms with Gasteiger partial charge in [-0.2, -0.15) is 5.10 Å².